The second-order valence-corrected chi connectivity index (χ2v) is 5.77. The van der Waals surface area contributed by atoms with Crippen LogP contribution in [0.25, 0.3) is 5.69 Å². The van der Waals surface area contributed by atoms with Crippen molar-refractivity contribution in [3.8, 4) is 5.69 Å². The fourth-order valence-corrected chi connectivity index (χ4v) is 2.66. The van der Waals surface area contributed by atoms with Gasteiger partial charge >= 0.3 is 0 Å². The maximum Gasteiger partial charge on any atom is 0.271 e. The zero-order valence-corrected chi connectivity index (χ0v) is 13.9. The first-order valence-corrected chi connectivity index (χ1v) is 7.74. The summed E-state index contributed by atoms with van der Waals surface area (Å²) in [7, 11) is 1.55. The van der Waals surface area contributed by atoms with E-state index in [9.17, 15) is 9.59 Å². The standard InChI is InChI=1S/C17H19N5O2/c1-11-10-12(2)22(19-11)15-7-5-4-6-13(15)18-17(24)14-8-9-16(23)21(3)20-14/h4-7,10H,8-9H2,1-3H3,(H,18,24). The van der Waals surface area contributed by atoms with Crippen molar-refractivity contribution in [3.63, 3.8) is 0 Å². The van der Waals surface area contributed by atoms with E-state index in [1.165, 1.54) is 5.01 Å². The van der Waals surface area contributed by atoms with Gasteiger partial charge in [0.1, 0.15) is 5.71 Å². The van der Waals surface area contributed by atoms with E-state index in [0.717, 1.165) is 17.1 Å². The van der Waals surface area contributed by atoms with E-state index in [4.69, 9.17) is 0 Å². The molecule has 0 unspecified atom stereocenters. The molecule has 1 N–H and O–H groups in total. The Bertz CT molecular complexity index is 837. The summed E-state index contributed by atoms with van der Waals surface area (Å²) >= 11 is 0. The highest BCUT2D eigenvalue weighted by Crippen LogP contribution is 2.22. The average molecular weight is 325 g/mol. The number of rotatable bonds is 3. The molecule has 2 heterocycles. The molecule has 0 fully saturated rings. The molecular formula is C17H19N5O2. The minimum atomic E-state index is -0.302. The van der Waals surface area contributed by atoms with Crippen LogP contribution in [0.4, 0.5) is 5.69 Å². The summed E-state index contributed by atoms with van der Waals surface area (Å²) in [6, 6.07) is 9.44. The van der Waals surface area contributed by atoms with Gasteiger partial charge in [-0.1, -0.05) is 12.1 Å². The molecule has 0 spiro atoms. The third-order valence-electron chi connectivity index (χ3n) is 3.86. The Kier molecular flexibility index (Phi) is 4.16. The number of hydrazone groups is 1. The van der Waals surface area contributed by atoms with Gasteiger partial charge in [-0.05, 0) is 32.0 Å². The van der Waals surface area contributed by atoms with E-state index >= 15 is 0 Å². The van der Waals surface area contributed by atoms with Crippen LogP contribution in [0.3, 0.4) is 0 Å². The number of amides is 2. The van der Waals surface area contributed by atoms with Crippen LogP contribution >= 0.6 is 0 Å². The van der Waals surface area contributed by atoms with Crippen molar-refractivity contribution in [3.05, 3.63) is 41.7 Å². The minimum Gasteiger partial charge on any atom is -0.319 e. The Morgan fingerprint density at radius 1 is 1.21 bits per heavy atom. The summed E-state index contributed by atoms with van der Waals surface area (Å²) in [6.07, 6.45) is 0.638. The fourth-order valence-electron chi connectivity index (χ4n) is 2.66. The summed E-state index contributed by atoms with van der Waals surface area (Å²) < 4.78 is 1.79. The lowest BCUT2D eigenvalue weighted by molar-refractivity contribution is -0.130. The van der Waals surface area contributed by atoms with Crippen molar-refractivity contribution in [1.29, 1.82) is 0 Å². The summed E-state index contributed by atoms with van der Waals surface area (Å²) in [4.78, 5) is 24.0. The van der Waals surface area contributed by atoms with Crippen LogP contribution in [-0.4, -0.2) is 39.4 Å². The van der Waals surface area contributed by atoms with Crippen LogP contribution in [-0.2, 0) is 9.59 Å². The van der Waals surface area contributed by atoms with Crippen molar-refractivity contribution in [2.45, 2.75) is 26.7 Å². The molecule has 7 heteroatoms. The molecule has 0 saturated heterocycles. The third-order valence-corrected chi connectivity index (χ3v) is 3.86. The first-order chi connectivity index (χ1) is 11.5. The van der Waals surface area contributed by atoms with E-state index in [-0.39, 0.29) is 11.8 Å². The molecule has 0 radical (unpaired) electrons. The average Bonchev–Trinajstić information content (AvgIpc) is 2.89. The lowest BCUT2D eigenvalue weighted by Gasteiger charge is -2.19. The quantitative estimate of drug-likeness (QED) is 0.938. The van der Waals surface area contributed by atoms with Crippen molar-refractivity contribution in [2.75, 3.05) is 12.4 Å². The number of aryl methyl sites for hydroxylation is 2. The number of carbonyl (C=O) groups is 2. The van der Waals surface area contributed by atoms with Crippen molar-refractivity contribution < 1.29 is 9.59 Å². The number of nitrogens with one attached hydrogen (secondary N) is 1. The number of para-hydroxylation sites is 2. The molecule has 1 aliphatic heterocycles. The van der Waals surface area contributed by atoms with Crippen LogP contribution in [0.1, 0.15) is 24.2 Å². The van der Waals surface area contributed by atoms with E-state index in [2.05, 4.69) is 15.5 Å². The highest BCUT2D eigenvalue weighted by Gasteiger charge is 2.22. The number of anilines is 1. The van der Waals surface area contributed by atoms with Crippen LogP contribution in [0.15, 0.2) is 35.4 Å². The van der Waals surface area contributed by atoms with Crippen LogP contribution in [0, 0.1) is 13.8 Å². The minimum absolute atomic E-state index is 0.0883. The van der Waals surface area contributed by atoms with Gasteiger partial charge in [-0.2, -0.15) is 10.2 Å². The van der Waals surface area contributed by atoms with E-state index < -0.39 is 0 Å². The Hall–Kier alpha value is -2.96. The number of carbonyl (C=O) groups excluding carboxylic acids is 2. The molecule has 0 saturated carbocycles. The molecule has 0 atom stereocenters. The molecule has 2 amide bonds. The van der Waals surface area contributed by atoms with Gasteiger partial charge < -0.3 is 5.32 Å². The van der Waals surface area contributed by atoms with Crippen LogP contribution < -0.4 is 5.32 Å². The first kappa shape index (κ1) is 15.9. The smallest absolute Gasteiger partial charge is 0.271 e. The van der Waals surface area contributed by atoms with E-state index in [0.29, 0.717) is 24.2 Å². The van der Waals surface area contributed by atoms with Crippen LogP contribution in [0.2, 0.25) is 0 Å². The monoisotopic (exact) mass is 325 g/mol. The highest BCUT2D eigenvalue weighted by atomic mass is 16.2. The molecule has 0 aliphatic carbocycles. The molecule has 1 aliphatic rings. The second kappa shape index (κ2) is 6.27. The normalized spacial score (nSPS) is 14.5. The molecule has 1 aromatic carbocycles. The van der Waals surface area contributed by atoms with Gasteiger partial charge in [-0.25, -0.2) is 9.69 Å². The van der Waals surface area contributed by atoms with E-state index in [1.807, 2.05) is 44.2 Å². The second-order valence-electron chi connectivity index (χ2n) is 5.77. The lowest BCUT2D eigenvalue weighted by atomic mass is 10.1. The predicted octanol–water partition coefficient (Wildman–Crippen LogP) is 2.04. The Balaban J connectivity index is 1.89. The Morgan fingerprint density at radius 2 is 1.96 bits per heavy atom. The summed E-state index contributed by atoms with van der Waals surface area (Å²) in [5.41, 5.74) is 3.67. The maximum absolute atomic E-state index is 12.5. The topological polar surface area (TPSA) is 79.6 Å². The van der Waals surface area contributed by atoms with E-state index in [1.54, 1.807) is 11.7 Å². The Labute approximate surface area is 140 Å². The van der Waals surface area contributed by atoms with Crippen molar-refractivity contribution in [1.82, 2.24) is 14.8 Å². The molecule has 0 bridgehead atoms. The number of hydrogen-bond donors (Lipinski definition) is 1. The van der Waals surface area contributed by atoms with Gasteiger partial charge in [0, 0.05) is 25.6 Å². The van der Waals surface area contributed by atoms with Crippen molar-refractivity contribution >= 4 is 23.2 Å². The lowest BCUT2D eigenvalue weighted by Crippen LogP contribution is -2.34. The largest absolute Gasteiger partial charge is 0.319 e. The number of benzene rings is 1. The fraction of sp³-hybridized carbons (Fsp3) is 0.294. The number of nitrogens with zero attached hydrogens (tertiary/aromatic N) is 4. The molecule has 1 aromatic heterocycles. The molecule has 3 rings (SSSR count). The zero-order valence-electron chi connectivity index (χ0n) is 13.9. The third kappa shape index (κ3) is 3.05. The van der Waals surface area contributed by atoms with Gasteiger partial charge in [0.25, 0.3) is 5.91 Å². The van der Waals surface area contributed by atoms with Gasteiger partial charge in [-0.15, -0.1) is 0 Å². The molecular weight excluding hydrogens is 306 g/mol. The van der Waals surface area contributed by atoms with Gasteiger partial charge in [-0.3, -0.25) is 9.59 Å². The predicted molar refractivity (Wildman–Crippen MR) is 91.1 cm³/mol. The van der Waals surface area contributed by atoms with Gasteiger partial charge in [0.15, 0.2) is 0 Å². The molecule has 2 aromatic rings. The molecule has 24 heavy (non-hydrogen) atoms. The highest BCUT2D eigenvalue weighted by molar-refractivity contribution is 6.43. The van der Waals surface area contributed by atoms with Gasteiger partial charge in [0.2, 0.25) is 5.91 Å². The number of aromatic nitrogens is 2. The van der Waals surface area contributed by atoms with Crippen LogP contribution in [0.5, 0.6) is 0 Å². The van der Waals surface area contributed by atoms with Crippen molar-refractivity contribution in [2.24, 2.45) is 5.10 Å². The summed E-state index contributed by atoms with van der Waals surface area (Å²) in [5.74, 6) is -0.391. The zero-order chi connectivity index (χ0) is 17.3. The SMILES string of the molecule is Cc1cc(C)n(-c2ccccc2NC(=O)C2=NN(C)C(=O)CC2)n1. The Morgan fingerprint density at radius 3 is 2.62 bits per heavy atom. The maximum atomic E-state index is 12.5. The summed E-state index contributed by atoms with van der Waals surface area (Å²) in [5, 5.41) is 12.6. The summed E-state index contributed by atoms with van der Waals surface area (Å²) in [6.45, 7) is 3.89. The van der Waals surface area contributed by atoms with Gasteiger partial charge in [0.05, 0.1) is 17.1 Å². The first-order valence-electron chi connectivity index (χ1n) is 7.74. The molecule has 7 nitrogen and oxygen atoms in total. The number of hydrogen-bond acceptors (Lipinski definition) is 4. The molecule has 124 valence electrons.